The predicted octanol–water partition coefficient (Wildman–Crippen LogP) is 3.77. The molecule has 0 radical (unpaired) electrons. The van der Waals surface area contributed by atoms with Crippen LogP contribution in [0.5, 0.6) is 11.5 Å². The molecule has 2 aliphatic rings. The molecule has 0 heterocycles. The molecule has 0 saturated heterocycles. The molecule has 0 bridgehead atoms. The molecule has 1 aromatic carbocycles. The first-order chi connectivity index (χ1) is 9.70. The second-order valence-corrected chi connectivity index (χ2v) is 6.12. The van der Waals surface area contributed by atoms with Crippen LogP contribution in [0.4, 0.5) is 0 Å². The second kappa shape index (κ2) is 6.84. The van der Waals surface area contributed by atoms with Gasteiger partial charge >= 0.3 is 0 Å². The lowest BCUT2D eigenvalue weighted by Gasteiger charge is -2.33. The van der Waals surface area contributed by atoms with E-state index in [1.807, 2.05) is 6.07 Å². The number of aromatic hydroxyl groups is 2. The molecule has 1 aromatic rings. The maximum atomic E-state index is 10.2. The fourth-order valence-electron chi connectivity index (χ4n) is 3.82. The molecular formula is C17H24BrNO2. The van der Waals surface area contributed by atoms with E-state index in [4.69, 9.17) is 5.73 Å². The van der Waals surface area contributed by atoms with Gasteiger partial charge in [0.15, 0.2) is 11.5 Å². The molecule has 0 spiro atoms. The highest BCUT2D eigenvalue weighted by Crippen LogP contribution is 2.43. The van der Waals surface area contributed by atoms with Crippen molar-refractivity contribution in [2.24, 2.45) is 17.6 Å². The van der Waals surface area contributed by atoms with E-state index in [2.05, 4.69) is 6.08 Å². The second-order valence-electron chi connectivity index (χ2n) is 6.12. The first-order valence-corrected chi connectivity index (χ1v) is 7.65. The van der Waals surface area contributed by atoms with Crippen LogP contribution in [0, 0.1) is 11.8 Å². The van der Waals surface area contributed by atoms with Gasteiger partial charge in [-0.2, -0.15) is 0 Å². The lowest BCUT2D eigenvalue weighted by atomic mass is 9.73. The molecule has 4 heteroatoms. The Kier molecular flexibility index (Phi) is 5.33. The number of phenols is 2. The van der Waals surface area contributed by atoms with E-state index in [0.717, 1.165) is 23.1 Å². The molecule has 21 heavy (non-hydrogen) atoms. The Morgan fingerprint density at radius 2 is 1.81 bits per heavy atom. The highest BCUT2D eigenvalue weighted by atomic mass is 79.9. The Hall–Kier alpha value is -1.00. The third-order valence-electron chi connectivity index (χ3n) is 4.94. The summed E-state index contributed by atoms with van der Waals surface area (Å²) in [6.45, 7) is 0.487. The summed E-state index contributed by atoms with van der Waals surface area (Å²) in [5.41, 5.74) is 8.88. The van der Waals surface area contributed by atoms with Crippen LogP contribution in [0.15, 0.2) is 18.2 Å². The summed E-state index contributed by atoms with van der Waals surface area (Å²) >= 11 is 0. The number of benzene rings is 1. The summed E-state index contributed by atoms with van der Waals surface area (Å²) in [4.78, 5) is 0. The Balaban J connectivity index is 0.00000161. The third kappa shape index (κ3) is 3.11. The van der Waals surface area contributed by atoms with Gasteiger partial charge in [0.05, 0.1) is 0 Å². The summed E-state index contributed by atoms with van der Waals surface area (Å²) in [5, 5.41) is 19.9. The average molecular weight is 354 g/mol. The van der Waals surface area contributed by atoms with Crippen LogP contribution in [0.25, 0.3) is 5.57 Å². The minimum atomic E-state index is -0.0237. The minimum Gasteiger partial charge on any atom is -0.504 e. The van der Waals surface area contributed by atoms with Gasteiger partial charge < -0.3 is 15.9 Å². The number of hydrogen-bond acceptors (Lipinski definition) is 3. The summed E-state index contributed by atoms with van der Waals surface area (Å²) < 4.78 is 0. The number of allylic oxidation sites excluding steroid dienone is 1. The van der Waals surface area contributed by atoms with Crippen molar-refractivity contribution < 1.29 is 10.2 Å². The van der Waals surface area contributed by atoms with Crippen LogP contribution in [0.3, 0.4) is 0 Å². The molecule has 2 aliphatic carbocycles. The fourth-order valence-corrected chi connectivity index (χ4v) is 3.82. The van der Waals surface area contributed by atoms with Gasteiger partial charge in [-0.1, -0.05) is 31.4 Å². The van der Waals surface area contributed by atoms with E-state index in [1.54, 1.807) is 6.07 Å². The number of rotatable bonds is 2. The van der Waals surface area contributed by atoms with E-state index in [1.165, 1.54) is 32.1 Å². The standard InChI is InChI=1S/C17H23NO2.BrH/c18-10-13-8-12(11-4-2-1-3-5-11)9-15-14(13)6-7-16(19)17(15)20;/h6-8,11-12,19-20H,1-5,9-10,18H2;1H. The van der Waals surface area contributed by atoms with Crippen molar-refractivity contribution in [2.45, 2.75) is 38.5 Å². The zero-order chi connectivity index (χ0) is 14.1. The van der Waals surface area contributed by atoms with Gasteiger partial charge in [0.25, 0.3) is 0 Å². The number of nitrogens with two attached hydrogens (primary N) is 1. The van der Waals surface area contributed by atoms with E-state index >= 15 is 0 Å². The van der Waals surface area contributed by atoms with Crippen LogP contribution in [-0.2, 0) is 6.42 Å². The van der Waals surface area contributed by atoms with Crippen molar-refractivity contribution in [2.75, 3.05) is 6.54 Å². The topological polar surface area (TPSA) is 66.5 Å². The highest BCUT2D eigenvalue weighted by molar-refractivity contribution is 8.93. The van der Waals surface area contributed by atoms with Gasteiger partial charge in [0.2, 0.25) is 0 Å². The van der Waals surface area contributed by atoms with Crippen LogP contribution in [-0.4, -0.2) is 16.8 Å². The van der Waals surface area contributed by atoms with Crippen LogP contribution < -0.4 is 5.73 Å². The molecule has 3 rings (SSSR count). The average Bonchev–Trinajstić information content (AvgIpc) is 2.51. The molecule has 1 fully saturated rings. The highest BCUT2D eigenvalue weighted by Gasteiger charge is 2.29. The molecule has 1 atom stereocenters. The van der Waals surface area contributed by atoms with Crippen molar-refractivity contribution in [3.8, 4) is 11.5 Å². The monoisotopic (exact) mass is 353 g/mol. The van der Waals surface area contributed by atoms with Gasteiger partial charge in [-0.05, 0) is 48.3 Å². The van der Waals surface area contributed by atoms with Crippen molar-refractivity contribution in [3.63, 3.8) is 0 Å². The SMILES string of the molecule is Br.NCC1=CC(C2CCCCC2)Cc2c1ccc(O)c2O. The molecule has 116 valence electrons. The van der Waals surface area contributed by atoms with E-state index < -0.39 is 0 Å². The summed E-state index contributed by atoms with van der Waals surface area (Å²) in [6.07, 6.45) is 9.65. The minimum absolute atomic E-state index is 0. The molecule has 0 amide bonds. The first-order valence-electron chi connectivity index (χ1n) is 7.65. The smallest absolute Gasteiger partial charge is 0.161 e. The summed E-state index contributed by atoms with van der Waals surface area (Å²) in [5.74, 6) is 1.17. The number of halogens is 1. The Morgan fingerprint density at radius 1 is 1.10 bits per heavy atom. The van der Waals surface area contributed by atoms with Gasteiger partial charge in [-0.3, -0.25) is 0 Å². The molecule has 0 aromatic heterocycles. The Labute approximate surface area is 136 Å². The molecule has 4 N–H and O–H groups in total. The van der Waals surface area contributed by atoms with Gasteiger partial charge in [0, 0.05) is 12.1 Å². The number of hydrogen-bond donors (Lipinski definition) is 3. The lowest BCUT2D eigenvalue weighted by Crippen LogP contribution is -2.23. The normalized spacial score (nSPS) is 22.1. The zero-order valence-corrected chi connectivity index (χ0v) is 13.9. The predicted molar refractivity (Wildman–Crippen MR) is 90.9 cm³/mol. The molecule has 1 saturated carbocycles. The van der Waals surface area contributed by atoms with Crippen molar-refractivity contribution in [1.29, 1.82) is 0 Å². The van der Waals surface area contributed by atoms with E-state index in [0.29, 0.717) is 18.4 Å². The summed E-state index contributed by atoms with van der Waals surface area (Å²) in [6, 6.07) is 3.43. The molecular weight excluding hydrogens is 330 g/mol. The van der Waals surface area contributed by atoms with Gasteiger partial charge in [0.1, 0.15) is 0 Å². The zero-order valence-electron chi connectivity index (χ0n) is 12.2. The maximum absolute atomic E-state index is 10.2. The summed E-state index contributed by atoms with van der Waals surface area (Å²) in [7, 11) is 0. The quantitative estimate of drug-likeness (QED) is 0.709. The van der Waals surface area contributed by atoms with Crippen LogP contribution in [0.1, 0.15) is 43.2 Å². The third-order valence-corrected chi connectivity index (χ3v) is 4.94. The first kappa shape index (κ1) is 16.4. The fraction of sp³-hybridized carbons (Fsp3) is 0.529. The van der Waals surface area contributed by atoms with Crippen LogP contribution >= 0.6 is 17.0 Å². The van der Waals surface area contributed by atoms with E-state index in [-0.39, 0.29) is 28.5 Å². The molecule has 3 nitrogen and oxygen atoms in total. The van der Waals surface area contributed by atoms with Crippen LogP contribution in [0.2, 0.25) is 0 Å². The molecule has 0 aliphatic heterocycles. The lowest BCUT2D eigenvalue weighted by molar-refractivity contribution is 0.281. The Bertz CT molecular complexity index is 536. The van der Waals surface area contributed by atoms with E-state index in [9.17, 15) is 10.2 Å². The maximum Gasteiger partial charge on any atom is 0.161 e. The molecule has 1 unspecified atom stereocenters. The largest absolute Gasteiger partial charge is 0.504 e. The number of phenolic OH excluding ortho intramolecular Hbond substituents is 2. The van der Waals surface area contributed by atoms with Crippen molar-refractivity contribution in [1.82, 2.24) is 0 Å². The van der Waals surface area contributed by atoms with Gasteiger partial charge in [-0.15, -0.1) is 17.0 Å². The van der Waals surface area contributed by atoms with Crippen molar-refractivity contribution in [3.05, 3.63) is 29.3 Å². The number of fused-ring (bicyclic) bond motifs is 1. The van der Waals surface area contributed by atoms with Crippen molar-refractivity contribution >= 4 is 22.6 Å². The van der Waals surface area contributed by atoms with Gasteiger partial charge in [-0.25, -0.2) is 0 Å². The Morgan fingerprint density at radius 3 is 2.48 bits per heavy atom.